The average Bonchev–Trinajstić information content (AvgIpc) is 3.47. The Balaban J connectivity index is 1.71. The van der Waals surface area contributed by atoms with E-state index in [1.165, 1.54) is 17.0 Å². The molecule has 0 saturated heterocycles. The number of hydrogen-bond acceptors (Lipinski definition) is 4. The van der Waals surface area contributed by atoms with Gasteiger partial charge in [-0.25, -0.2) is 8.42 Å². The van der Waals surface area contributed by atoms with Crippen molar-refractivity contribution in [3.05, 3.63) is 93.4 Å². The van der Waals surface area contributed by atoms with Crippen molar-refractivity contribution in [1.82, 2.24) is 10.2 Å². The number of sulfonamides is 1. The van der Waals surface area contributed by atoms with E-state index in [0.717, 1.165) is 30.0 Å². The number of halogens is 3. The third-order valence-electron chi connectivity index (χ3n) is 7.15. The topological polar surface area (TPSA) is 86.8 Å². The van der Waals surface area contributed by atoms with Crippen LogP contribution >= 0.6 is 34.8 Å². The molecule has 2 amide bonds. The maximum Gasteiger partial charge on any atom is 0.264 e. The van der Waals surface area contributed by atoms with Crippen molar-refractivity contribution in [2.75, 3.05) is 10.8 Å². The highest BCUT2D eigenvalue weighted by Crippen LogP contribution is 2.28. The minimum absolute atomic E-state index is 0.0322. The van der Waals surface area contributed by atoms with Gasteiger partial charge in [0.2, 0.25) is 11.8 Å². The lowest BCUT2D eigenvalue weighted by Gasteiger charge is -2.33. The van der Waals surface area contributed by atoms with Crippen molar-refractivity contribution >= 4 is 62.3 Å². The molecule has 0 bridgehead atoms. The number of amides is 2. The molecule has 0 aliphatic heterocycles. The molecule has 3 aromatic carbocycles. The molecule has 1 fully saturated rings. The van der Waals surface area contributed by atoms with Crippen molar-refractivity contribution in [3.63, 3.8) is 0 Å². The predicted octanol–water partition coefficient (Wildman–Crippen LogP) is 6.71. The zero-order valence-electron chi connectivity index (χ0n) is 22.6. The number of rotatable bonds is 11. The van der Waals surface area contributed by atoms with Gasteiger partial charge in [-0.05, 0) is 73.4 Å². The van der Waals surface area contributed by atoms with Gasteiger partial charge in [0.25, 0.3) is 10.0 Å². The fraction of sp³-hybridized carbons (Fsp3) is 0.333. The molecule has 7 nitrogen and oxygen atoms in total. The van der Waals surface area contributed by atoms with Gasteiger partial charge in [0.1, 0.15) is 12.6 Å². The fourth-order valence-electron chi connectivity index (χ4n) is 4.98. The first-order valence-corrected chi connectivity index (χ1v) is 16.0. The minimum Gasteiger partial charge on any atom is -0.352 e. The summed E-state index contributed by atoms with van der Waals surface area (Å²) in [5.41, 5.74) is 0.924. The summed E-state index contributed by atoms with van der Waals surface area (Å²) in [5, 5.41) is 4.19. The molecule has 0 radical (unpaired) electrons. The molecular weight excluding hydrogens is 605 g/mol. The highest BCUT2D eigenvalue weighted by atomic mass is 35.5. The molecule has 218 valence electrons. The molecule has 4 rings (SSSR count). The van der Waals surface area contributed by atoms with Gasteiger partial charge in [0, 0.05) is 17.6 Å². The lowest BCUT2D eigenvalue weighted by Crippen LogP contribution is -2.53. The molecule has 0 heterocycles. The van der Waals surface area contributed by atoms with Crippen LogP contribution in [0.5, 0.6) is 0 Å². The number of nitrogens with one attached hydrogen (secondary N) is 1. The number of anilines is 1. The van der Waals surface area contributed by atoms with Gasteiger partial charge in [-0.1, -0.05) is 78.8 Å². The normalized spacial score (nSPS) is 14.4. The van der Waals surface area contributed by atoms with Crippen molar-refractivity contribution < 1.29 is 18.0 Å². The monoisotopic (exact) mass is 635 g/mol. The van der Waals surface area contributed by atoms with Crippen LogP contribution in [0.4, 0.5) is 5.69 Å². The first-order chi connectivity index (χ1) is 19.6. The van der Waals surface area contributed by atoms with Crippen LogP contribution in [-0.2, 0) is 26.2 Å². The number of carbonyl (C=O) groups is 2. The molecule has 0 spiro atoms. The van der Waals surface area contributed by atoms with Crippen molar-refractivity contribution in [3.8, 4) is 0 Å². The molecule has 1 atom stereocenters. The Morgan fingerprint density at radius 3 is 2.20 bits per heavy atom. The van der Waals surface area contributed by atoms with E-state index in [9.17, 15) is 18.0 Å². The third kappa shape index (κ3) is 7.74. The Labute approximate surface area is 256 Å². The van der Waals surface area contributed by atoms with E-state index in [1.54, 1.807) is 60.7 Å². The summed E-state index contributed by atoms with van der Waals surface area (Å²) in [6.07, 6.45) is 4.20. The quantitative estimate of drug-likeness (QED) is 0.254. The second kappa shape index (κ2) is 13.9. The van der Waals surface area contributed by atoms with Crippen molar-refractivity contribution in [1.29, 1.82) is 0 Å². The van der Waals surface area contributed by atoms with Crippen LogP contribution in [0.2, 0.25) is 15.1 Å². The molecule has 41 heavy (non-hydrogen) atoms. The Bertz CT molecular complexity index is 1460. The molecular formula is C30H32Cl3N3O4S. The molecule has 1 N–H and O–H groups in total. The van der Waals surface area contributed by atoms with Crippen LogP contribution in [-0.4, -0.2) is 43.8 Å². The highest BCUT2D eigenvalue weighted by Gasteiger charge is 2.34. The van der Waals surface area contributed by atoms with Crippen LogP contribution in [0, 0.1) is 0 Å². The van der Waals surface area contributed by atoms with Gasteiger partial charge in [0.15, 0.2) is 0 Å². The van der Waals surface area contributed by atoms with Gasteiger partial charge < -0.3 is 10.2 Å². The second-order valence-electron chi connectivity index (χ2n) is 9.99. The maximum absolute atomic E-state index is 14.1. The molecule has 0 aromatic heterocycles. The first kappa shape index (κ1) is 31.2. The number of benzene rings is 3. The molecule has 3 aromatic rings. The summed E-state index contributed by atoms with van der Waals surface area (Å²) in [4.78, 5) is 29.1. The van der Waals surface area contributed by atoms with Crippen molar-refractivity contribution in [2.45, 2.75) is 62.6 Å². The minimum atomic E-state index is -4.15. The highest BCUT2D eigenvalue weighted by molar-refractivity contribution is 7.92. The van der Waals surface area contributed by atoms with E-state index in [2.05, 4.69) is 5.32 Å². The van der Waals surface area contributed by atoms with Crippen LogP contribution in [0.25, 0.3) is 0 Å². The average molecular weight is 637 g/mol. The SMILES string of the molecule is CC[C@H](C(=O)NC1CCCC1)N(Cc1ccc(Cl)c(Cl)c1)C(=O)CN(c1ccc(Cl)cc1)S(=O)(=O)c1ccccc1. The van der Waals surface area contributed by atoms with Crippen LogP contribution in [0.15, 0.2) is 77.7 Å². The second-order valence-corrected chi connectivity index (χ2v) is 13.1. The zero-order valence-corrected chi connectivity index (χ0v) is 25.7. The molecule has 1 aliphatic rings. The van der Waals surface area contributed by atoms with E-state index >= 15 is 0 Å². The maximum atomic E-state index is 14.1. The Hall–Kier alpha value is -2.78. The Morgan fingerprint density at radius 2 is 1.59 bits per heavy atom. The Morgan fingerprint density at radius 1 is 0.927 bits per heavy atom. The molecule has 11 heteroatoms. The number of hydrogen-bond donors (Lipinski definition) is 1. The van der Waals surface area contributed by atoms with E-state index < -0.39 is 28.5 Å². The molecule has 1 aliphatic carbocycles. The first-order valence-electron chi connectivity index (χ1n) is 13.5. The standard InChI is InChI=1S/C30H32Cl3N3O4S/c1-2-28(30(38)34-23-8-6-7-9-23)35(19-21-12-17-26(32)27(33)18-21)29(37)20-36(24-15-13-22(31)14-16-24)41(39,40)25-10-4-3-5-11-25/h3-5,10-18,23,28H,2,6-9,19-20H2,1H3,(H,34,38)/t28-/m1/s1. The summed E-state index contributed by atoms with van der Waals surface area (Å²) in [6, 6.07) is 18.3. The van der Waals surface area contributed by atoms with Crippen LogP contribution in [0.1, 0.15) is 44.6 Å². The predicted molar refractivity (Wildman–Crippen MR) is 164 cm³/mol. The van der Waals surface area contributed by atoms with Crippen LogP contribution in [0.3, 0.4) is 0 Å². The molecule has 1 saturated carbocycles. The van der Waals surface area contributed by atoms with Crippen LogP contribution < -0.4 is 9.62 Å². The largest absolute Gasteiger partial charge is 0.352 e. The zero-order chi connectivity index (χ0) is 29.6. The van der Waals surface area contributed by atoms with Crippen molar-refractivity contribution in [2.24, 2.45) is 0 Å². The number of carbonyl (C=O) groups excluding carboxylic acids is 2. The summed E-state index contributed by atoms with van der Waals surface area (Å²) in [7, 11) is -4.15. The lowest BCUT2D eigenvalue weighted by molar-refractivity contribution is -0.140. The fourth-order valence-corrected chi connectivity index (χ4v) is 6.86. The van der Waals surface area contributed by atoms with Gasteiger partial charge in [-0.15, -0.1) is 0 Å². The summed E-state index contributed by atoms with van der Waals surface area (Å²) >= 11 is 18.4. The number of nitrogens with zero attached hydrogens (tertiary/aromatic N) is 2. The van der Waals surface area contributed by atoms with Gasteiger partial charge in [-0.3, -0.25) is 13.9 Å². The summed E-state index contributed by atoms with van der Waals surface area (Å²) in [6.45, 7) is 1.32. The van der Waals surface area contributed by atoms with E-state index in [0.29, 0.717) is 27.1 Å². The Kier molecular flexibility index (Phi) is 10.6. The third-order valence-corrected chi connectivity index (χ3v) is 9.93. The van der Waals surface area contributed by atoms with E-state index in [1.807, 2.05) is 6.92 Å². The summed E-state index contributed by atoms with van der Waals surface area (Å²) in [5.74, 6) is -0.810. The molecule has 0 unspecified atom stereocenters. The lowest BCUT2D eigenvalue weighted by atomic mass is 10.1. The van der Waals surface area contributed by atoms with Gasteiger partial charge >= 0.3 is 0 Å². The smallest absolute Gasteiger partial charge is 0.264 e. The van der Waals surface area contributed by atoms with Gasteiger partial charge in [-0.2, -0.15) is 0 Å². The van der Waals surface area contributed by atoms with E-state index in [-0.39, 0.29) is 29.1 Å². The van der Waals surface area contributed by atoms with Gasteiger partial charge in [0.05, 0.1) is 20.6 Å². The summed E-state index contributed by atoms with van der Waals surface area (Å²) < 4.78 is 28.7. The van der Waals surface area contributed by atoms with E-state index in [4.69, 9.17) is 34.8 Å².